The Morgan fingerprint density at radius 3 is 2.41 bits per heavy atom. The second-order valence-corrected chi connectivity index (χ2v) is 13.8. The molecule has 0 amide bonds. The maximum Gasteiger partial charge on any atom is 0.331 e. The van der Waals surface area contributed by atoms with Crippen molar-refractivity contribution in [2.75, 3.05) is 13.2 Å². The van der Waals surface area contributed by atoms with Crippen molar-refractivity contribution in [2.24, 2.45) is 28.6 Å². The zero-order valence-corrected chi connectivity index (χ0v) is 23.5. The van der Waals surface area contributed by atoms with Crippen molar-refractivity contribution < 1.29 is 59.9 Å². The van der Waals surface area contributed by atoms with Gasteiger partial charge in [0.1, 0.15) is 24.9 Å². The lowest BCUT2D eigenvalue weighted by Gasteiger charge is -2.68. The van der Waals surface area contributed by atoms with Gasteiger partial charge in [-0.2, -0.15) is 0 Å². The standard InChI is InChI=1S/C29H44O12/c1-13-22(34)23(35)24(36)25(40-13)41-15-8-19(32)28(12-30)21-17(3-5-27(28,37)9-15)29(38)6-4-16(14-7-20(33)39-11-14)26(29,2)10-18(21)31/h7,13,15-19,21-25,30-32,34-38H,3-6,8-12H2,1-2H3/t13-,15+,16+,17-,18+,19-,21+,22-,23-,24+,25+,26+,27-,28+,29+/m0/s1. The summed E-state index contributed by atoms with van der Waals surface area (Å²) in [5, 5.41) is 89.6. The van der Waals surface area contributed by atoms with Crippen molar-refractivity contribution >= 4 is 5.97 Å². The normalized spacial score (nSPS) is 56.9. The van der Waals surface area contributed by atoms with Gasteiger partial charge in [-0.25, -0.2) is 4.79 Å². The molecule has 5 fully saturated rings. The summed E-state index contributed by atoms with van der Waals surface area (Å²) in [4.78, 5) is 11.8. The number of cyclic esters (lactones) is 1. The Bertz CT molecular complexity index is 1080. The van der Waals surface area contributed by atoms with Crippen LogP contribution in [0.1, 0.15) is 58.8 Å². The molecule has 12 heteroatoms. The molecule has 2 aliphatic heterocycles. The van der Waals surface area contributed by atoms with E-state index in [1.807, 2.05) is 6.92 Å². The molecule has 0 spiro atoms. The van der Waals surface area contributed by atoms with Crippen LogP contribution in [0.25, 0.3) is 0 Å². The monoisotopic (exact) mass is 584 g/mol. The number of carbonyl (C=O) groups excluding carboxylic acids is 1. The minimum atomic E-state index is -1.67. The van der Waals surface area contributed by atoms with Crippen LogP contribution in [0, 0.1) is 28.6 Å². The van der Waals surface area contributed by atoms with E-state index in [0.29, 0.717) is 19.3 Å². The van der Waals surface area contributed by atoms with E-state index < -0.39 is 95.5 Å². The van der Waals surface area contributed by atoms with Gasteiger partial charge < -0.3 is 55.1 Å². The van der Waals surface area contributed by atoms with E-state index in [9.17, 15) is 45.6 Å². The summed E-state index contributed by atoms with van der Waals surface area (Å²) in [6.45, 7) is 3.00. The molecule has 4 aliphatic carbocycles. The molecular weight excluding hydrogens is 540 g/mol. The Balaban J connectivity index is 1.28. The summed E-state index contributed by atoms with van der Waals surface area (Å²) in [6, 6.07) is 0. The highest BCUT2D eigenvalue weighted by Crippen LogP contribution is 2.70. The van der Waals surface area contributed by atoms with Crippen molar-refractivity contribution in [1.82, 2.24) is 0 Å². The van der Waals surface area contributed by atoms with E-state index in [4.69, 9.17) is 14.2 Å². The number of carbonyl (C=O) groups is 1. The molecule has 4 saturated carbocycles. The molecule has 0 radical (unpaired) electrons. The summed E-state index contributed by atoms with van der Waals surface area (Å²) in [6.07, 6.45) is -6.68. The van der Waals surface area contributed by atoms with Gasteiger partial charge in [0.05, 0.1) is 47.6 Å². The average Bonchev–Trinajstić information content (AvgIpc) is 3.45. The van der Waals surface area contributed by atoms with Gasteiger partial charge in [0.2, 0.25) is 0 Å². The van der Waals surface area contributed by atoms with Crippen molar-refractivity contribution in [2.45, 2.75) is 119 Å². The molecule has 0 aromatic rings. The highest BCUT2D eigenvalue weighted by atomic mass is 16.7. The number of aliphatic hydroxyl groups is 8. The summed E-state index contributed by atoms with van der Waals surface area (Å²) in [5.74, 6) is -1.93. The van der Waals surface area contributed by atoms with E-state index in [1.165, 1.54) is 13.0 Å². The van der Waals surface area contributed by atoms with E-state index in [0.717, 1.165) is 5.57 Å². The van der Waals surface area contributed by atoms with Crippen molar-refractivity contribution in [3.63, 3.8) is 0 Å². The van der Waals surface area contributed by atoms with Crippen LogP contribution in [0.5, 0.6) is 0 Å². The van der Waals surface area contributed by atoms with Crippen LogP contribution in [0.4, 0.5) is 0 Å². The third kappa shape index (κ3) is 3.99. The summed E-state index contributed by atoms with van der Waals surface area (Å²) >= 11 is 0. The number of ether oxygens (including phenoxy) is 3. The van der Waals surface area contributed by atoms with Gasteiger partial charge >= 0.3 is 5.97 Å². The van der Waals surface area contributed by atoms with E-state index in [1.54, 1.807) is 0 Å². The van der Waals surface area contributed by atoms with Crippen LogP contribution in [-0.4, -0.2) is 120 Å². The fourth-order valence-electron chi connectivity index (χ4n) is 10.1. The molecule has 15 atom stereocenters. The first-order valence-corrected chi connectivity index (χ1v) is 14.9. The minimum absolute atomic E-state index is 0.0369. The Hall–Kier alpha value is -1.19. The van der Waals surface area contributed by atoms with E-state index in [-0.39, 0.29) is 38.2 Å². The van der Waals surface area contributed by atoms with Crippen molar-refractivity contribution in [3.8, 4) is 0 Å². The third-order valence-corrected chi connectivity index (χ3v) is 12.2. The van der Waals surface area contributed by atoms with Gasteiger partial charge in [-0.05, 0) is 56.4 Å². The maximum absolute atomic E-state index is 12.4. The van der Waals surface area contributed by atoms with Gasteiger partial charge in [-0.3, -0.25) is 0 Å². The summed E-state index contributed by atoms with van der Waals surface area (Å²) < 4.78 is 16.7. The first-order chi connectivity index (χ1) is 19.2. The molecule has 1 saturated heterocycles. The highest BCUT2D eigenvalue weighted by molar-refractivity contribution is 5.85. The second-order valence-electron chi connectivity index (χ2n) is 13.8. The predicted octanol–water partition coefficient (Wildman–Crippen LogP) is -1.51. The molecule has 232 valence electrons. The molecular formula is C29H44O12. The Labute approximate surface area is 238 Å². The molecule has 0 bridgehead atoms. The van der Waals surface area contributed by atoms with Gasteiger partial charge in [-0.15, -0.1) is 0 Å². The number of aliphatic hydroxyl groups excluding tert-OH is 6. The highest BCUT2D eigenvalue weighted by Gasteiger charge is 2.75. The lowest BCUT2D eigenvalue weighted by molar-refractivity contribution is -0.342. The molecule has 6 rings (SSSR count). The first-order valence-electron chi connectivity index (χ1n) is 14.9. The topological polar surface area (TPSA) is 207 Å². The lowest BCUT2D eigenvalue weighted by atomic mass is 9.40. The molecule has 0 unspecified atom stereocenters. The van der Waals surface area contributed by atoms with Crippen LogP contribution >= 0.6 is 0 Å². The Morgan fingerprint density at radius 2 is 1.76 bits per heavy atom. The minimum Gasteiger partial charge on any atom is -0.458 e. The number of esters is 1. The molecule has 8 N–H and O–H groups in total. The van der Waals surface area contributed by atoms with Crippen LogP contribution in [0.2, 0.25) is 0 Å². The van der Waals surface area contributed by atoms with Gasteiger partial charge in [0, 0.05) is 30.3 Å². The van der Waals surface area contributed by atoms with Crippen molar-refractivity contribution in [3.05, 3.63) is 11.6 Å². The van der Waals surface area contributed by atoms with Crippen LogP contribution in [0.15, 0.2) is 11.6 Å². The fraction of sp³-hybridized carbons (Fsp3) is 0.897. The zero-order chi connectivity index (χ0) is 29.7. The van der Waals surface area contributed by atoms with E-state index >= 15 is 0 Å². The van der Waals surface area contributed by atoms with Crippen LogP contribution < -0.4 is 0 Å². The summed E-state index contributed by atoms with van der Waals surface area (Å²) in [7, 11) is 0. The first kappa shape index (κ1) is 29.9. The van der Waals surface area contributed by atoms with Crippen LogP contribution in [-0.2, 0) is 19.0 Å². The number of hydrogen-bond acceptors (Lipinski definition) is 12. The van der Waals surface area contributed by atoms with E-state index in [2.05, 4.69) is 0 Å². The number of hydrogen-bond donors (Lipinski definition) is 8. The number of fused-ring (bicyclic) bond motifs is 5. The fourth-order valence-corrected chi connectivity index (χ4v) is 10.1. The molecule has 41 heavy (non-hydrogen) atoms. The molecule has 2 heterocycles. The predicted molar refractivity (Wildman–Crippen MR) is 139 cm³/mol. The Kier molecular flexibility index (Phi) is 7.22. The van der Waals surface area contributed by atoms with Gasteiger partial charge in [-0.1, -0.05) is 6.92 Å². The largest absolute Gasteiger partial charge is 0.458 e. The third-order valence-electron chi connectivity index (χ3n) is 12.2. The van der Waals surface area contributed by atoms with Crippen LogP contribution in [0.3, 0.4) is 0 Å². The van der Waals surface area contributed by atoms with Crippen molar-refractivity contribution in [1.29, 1.82) is 0 Å². The molecule has 12 nitrogen and oxygen atoms in total. The Morgan fingerprint density at radius 1 is 1.02 bits per heavy atom. The lowest BCUT2D eigenvalue weighted by Crippen LogP contribution is -2.76. The maximum atomic E-state index is 12.4. The zero-order valence-electron chi connectivity index (χ0n) is 23.5. The van der Waals surface area contributed by atoms with Gasteiger partial charge in [0.15, 0.2) is 6.29 Å². The second kappa shape index (κ2) is 9.91. The number of rotatable bonds is 4. The average molecular weight is 585 g/mol. The smallest absolute Gasteiger partial charge is 0.331 e. The van der Waals surface area contributed by atoms with Gasteiger partial charge in [0.25, 0.3) is 0 Å². The molecule has 6 aliphatic rings. The SMILES string of the molecule is C[C@@H]1O[C@H](O[C@@H]2C[C@H](O)[C@]3(CO)[C@H]4[C@H](O)C[C@]5(C)[C@@H](C6=CC(=O)OC6)CC[C@@]5(O)[C@H]4CC[C@]3(O)C2)[C@H](O)[C@@H](O)[C@H]1O. The molecule has 0 aromatic carbocycles. The molecule has 0 aromatic heterocycles. The summed E-state index contributed by atoms with van der Waals surface area (Å²) in [5.41, 5.74) is -4.46. The quantitative estimate of drug-likeness (QED) is 0.140.